The van der Waals surface area contributed by atoms with Crippen LogP contribution in [0.25, 0.3) is 11.0 Å². The predicted octanol–water partition coefficient (Wildman–Crippen LogP) is 2.48. The molecule has 2 N–H and O–H groups in total. The van der Waals surface area contributed by atoms with Crippen LogP contribution in [0.4, 0.5) is 5.95 Å². The van der Waals surface area contributed by atoms with Crippen LogP contribution in [-0.4, -0.2) is 35.1 Å². The zero-order valence-electron chi connectivity index (χ0n) is 15.4. The van der Waals surface area contributed by atoms with E-state index in [4.69, 9.17) is 0 Å². The topological polar surface area (TPSA) is 85.2 Å². The Hall–Kier alpha value is -3.35. The number of esters is 1. The molecule has 7 nitrogen and oxygen atoms in total. The number of para-hydroxylation sites is 2. The van der Waals surface area contributed by atoms with Crippen molar-refractivity contribution in [2.45, 2.75) is 13.0 Å². The standard InChI is InChI=1S/C20H22N4O3/c1-24-17-6-4-3-5-16(17)23-20(24)22-13-14-7-9-15(10-8-14)19(26)21-12-11-18(25)27-2/h3-10H,11-13H2,1-2H3,(H,21,26)(H,22,23). The third-order valence-corrected chi connectivity index (χ3v) is 4.30. The highest BCUT2D eigenvalue weighted by Crippen LogP contribution is 2.18. The van der Waals surface area contributed by atoms with E-state index in [-0.39, 0.29) is 24.8 Å². The largest absolute Gasteiger partial charge is 0.469 e. The second-order valence-electron chi connectivity index (χ2n) is 6.12. The van der Waals surface area contributed by atoms with Gasteiger partial charge in [0.2, 0.25) is 5.95 Å². The number of aromatic nitrogens is 2. The minimum atomic E-state index is -0.348. The zero-order chi connectivity index (χ0) is 19.2. The molecule has 0 saturated heterocycles. The van der Waals surface area contributed by atoms with E-state index in [1.807, 2.05) is 48.0 Å². The van der Waals surface area contributed by atoms with Gasteiger partial charge >= 0.3 is 5.97 Å². The number of hydrogen-bond acceptors (Lipinski definition) is 5. The molecular weight excluding hydrogens is 344 g/mol. The molecule has 0 spiro atoms. The summed E-state index contributed by atoms with van der Waals surface area (Å²) in [5, 5.41) is 6.02. The number of fused-ring (bicyclic) bond motifs is 1. The number of hydrogen-bond donors (Lipinski definition) is 2. The Balaban J connectivity index is 1.56. The second kappa shape index (κ2) is 8.35. The number of ether oxygens (including phenoxy) is 1. The number of rotatable bonds is 7. The van der Waals surface area contributed by atoms with Gasteiger partial charge in [-0.15, -0.1) is 0 Å². The van der Waals surface area contributed by atoms with Crippen molar-refractivity contribution in [1.29, 1.82) is 0 Å². The fraction of sp³-hybridized carbons (Fsp3) is 0.250. The lowest BCUT2D eigenvalue weighted by Crippen LogP contribution is -2.26. The first-order valence-corrected chi connectivity index (χ1v) is 8.68. The Bertz CT molecular complexity index is 948. The van der Waals surface area contributed by atoms with E-state index in [2.05, 4.69) is 20.4 Å². The highest BCUT2D eigenvalue weighted by molar-refractivity contribution is 5.94. The summed E-state index contributed by atoms with van der Waals surface area (Å²) in [4.78, 5) is 27.7. The lowest BCUT2D eigenvalue weighted by Gasteiger charge is -2.08. The zero-order valence-corrected chi connectivity index (χ0v) is 15.4. The van der Waals surface area contributed by atoms with Crippen LogP contribution in [0.5, 0.6) is 0 Å². The molecule has 140 valence electrons. The van der Waals surface area contributed by atoms with Crippen molar-refractivity contribution in [3.05, 3.63) is 59.7 Å². The van der Waals surface area contributed by atoms with E-state index in [1.165, 1.54) is 7.11 Å². The van der Waals surface area contributed by atoms with Crippen LogP contribution in [0.15, 0.2) is 48.5 Å². The molecule has 7 heteroatoms. The van der Waals surface area contributed by atoms with E-state index in [9.17, 15) is 9.59 Å². The summed E-state index contributed by atoms with van der Waals surface area (Å²) < 4.78 is 6.55. The maximum Gasteiger partial charge on any atom is 0.307 e. The van der Waals surface area contributed by atoms with Gasteiger partial charge in [-0.25, -0.2) is 4.98 Å². The van der Waals surface area contributed by atoms with Crippen molar-refractivity contribution in [2.75, 3.05) is 19.0 Å². The summed E-state index contributed by atoms with van der Waals surface area (Å²) in [6.07, 6.45) is 0.155. The molecule has 0 aliphatic rings. The molecule has 1 aromatic heterocycles. The smallest absolute Gasteiger partial charge is 0.307 e. The molecule has 0 saturated carbocycles. The van der Waals surface area contributed by atoms with Crippen molar-refractivity contribution < 1.29 is 14.3 Å². The van der Waals surface area contributed by atoms with Crippen LogP contribution < -0.4 is 10.6 Å². The second-order valence-corrected chi connectivity index (χ2v) is 6.12. The van der Waals surface area contributed by atoms with Gasteiger partial charge in [-0.05, 0) is 29.8 Å². The lowest BCUT2D eigenvalue weighted by molar-refractivity contribution is -0.140. The number of nitrogens with zero attached hydrogens (tertiary/aromatic N) is 2. The number of imidazole rings is 1. The van der Waals surface area contributed by atoms with E-state index >= 15 is 0 Å². The van der Waals surface area contributed by atoms with E-state index in [1.54, 1.807) is 12.1 Å². The van der Waals surface area contributed by atoms with Crippen LogP contribution in [0, 0.1) is 0 Å². The van der Waals surface area contributed by atoms with Gasteiger partial charge in [0.15, 0.2) is 0 Å². The van der Waals surface area contributed by atoms with Gasteiger partial charge < -0.3 is 19.9 Å². The number of aryl methyl sites for hydroxylation is 1. The summed E-state index contributed by atoms with van der Waals surface area (Å²) in [5.41, 5.74) is 3.60. The van der Waals surface area contributed by atoms with Gasteiger partial charge in [0.1, 0.15) is 0 Å². The van der Waals surface area contributed by atoms with Crippen molar-refractivity contribution in [3.8, 4) is 0 Å². The predicted molar refractivity (Wildman–Crippen MR) is 103 cm³/mol. The molecule has 2 aromatic carbocycles. The van der Waals surface area contributed by atoms with Crippen LogP contribution >= 0.6 is 0 Å². The summed E-state index contributed by atoms with van der Waals surface area (Å²) in [6, 6.07) is 15.3. The Morgan fingerprint density at radius 3 is 2.56 bits per heavy atom. The van der Waals surface area contributed by atoms with Crippen LogP contribution in [0.3, 0.4) is 0 Å². The summed E-state index contributed by atoms with van der Waals surface area (Å²) in [7, 11) is 3.30. The lowest BCUT2D eigenvalue weighted by atomic mass is 10.1. The van der Waals surface area contributed by atoms with Gasteiger partial charge in [-0.3, -0.25) is 9.59 Å². The number of nitrogens with one attached hydrogen (secondary N) is 2. The van der Waals surface area contributed by atoms with Crippen molar-refractivity contribution in [2.24, 2.45) is 7.05 Å². The Labute approximate surface area is 157 Å². The number of carbonyl (C=O) groups excluding carboxylic acids is 2. The fourth-order valence-electron chi connectivity index (χ4n) is 2.74. The summed E-state index contributed by atoms with van der Waals surface area (Å²) in [5.74, 6) is 0.230. The van der Waals surface area contributed by atoms with Crippen molar-refractivity contribution >= 4 is 28.9 Å². The molecule has 0 aliphatic carbocycles. The first-order chi connectivity index (χ1) is 13.1. The SMILES string of the molecule is COC(=O)CCNC(=O)c1ccc(CNc2nc3ccccc3n2C)cc1. The molecule has 0 atom stereocenters. The van der Waals surface area contributed by atoms with Gasteiger partial charge in [0.05, 0.1) is 24.6 Å². The van der Waals surface area contributed by atoms with Gasteiger partial charge in [-0.2, -0.15) is 0 Å². The van der Waals surface area contributed by atoms with Crippen LogP contribution in [-0.2, 0) is 23.1 Å². The Morgan fingerprint density at radius 1 is 1.11 bits per heavy atom. The van der Waals surface area contributed by atoms with Gasteiger partial charge in [-0.1, -0.05) is 24.3 Å². The third-order valence-electron chi connectivity index (χ3n) is 4.30. The number of methoxy groups -OCH3 is 1. The average Bonchev–Trinajstić information content (AvgIpc) is 3.02. The normalized spacial score (nSPS) is 10.6. The first-order valence-electron chi connectivity index (χ1n) is 8.68. The number of carbonyl (C=O) groups is 2. The molecule has 3 rings (SSSR count). The molecule has 0 fully saturated rings. The maximum absolute atomic E-state index is 12.1. The van der Waals surface area contributed by atoms with Crippen LogP contribution in [0.1, 0.15) is 22.3 Å². The minimum absolute atomic E-state index is 0.155. The molecule has 1 amide bonds. The third kappa shape index (κ3) is 4.44. The molecule has 1 heterocycles. The van der Waals surface area contributed by atoms with Gasteiger partial charge in [0, 0.05) is 25.7 Å². The van der Waals surface area contributed by atoms with E-state index in [0.717, 1.165) is 22.5 Å². The summed E-state index contributed by atoms with van der Waals surface area (Å²) in [6.45, 7) is 0.850. The Kier molecular flexibility index (Phi) is 5.71. The molecule has 0 bridgehead atoms. The van der Waals surface area contributed by atoms with Crippen LogP contribution in [0.2, 0.25) is 0 Å². The quantitative estimate of drug-likeness (QED) is 0.628. The molecule has 3 aromatic rings. The molecule has 27 heavy (non-hydrogen) atoms. The maximum atomic E-state index is 12.1. The Morgan fingerprint density at radius 2 is 1.85 bits per heavy atom. The average molecular weight is 366 g/mol. The highest BCUT2D eigenvalue weighted by atomic mass is 16.5. The fourth-order valence-corrected chi connectivity index (χ4v) is 2.74. The first kappa shape index (κ1) is 18.4. The molecule has 0 radical (unpaired) electrons. The molecule has 0 aliphatic heterocycles. The molecule has 0 unspecified atom stereocenters. The number of amides is 1. The van der Waals surface area contributed by atoms with E-state index < -0.39 is 0 Å². The monoisotopic (exact) mass is 366 g/mol. The summed E-state index contributed by atoms with van der Waals surface area (Å²) >= 11 is 0. The van der Waals surface area contributed by atoms with E-state index in [0.29, 0.717) is 12.1 Å². The number of benzene rings is 2. The van der Waals surface area contributed by atoms with Crippen molar-refractivity contribution in [3.63, 3.8) is 0 Å². The highest BCUT2D eigenvalue weighted by Gasteiger charge is 2.08. The molecular formula is C20H22N4O3. The van der Waals surface area contributed by atoms with Crippen molar-refractivity contribution in [1.82, 2.24) is 14.9 Å². The van der Waals surface area contributed by atoms with Gasteiger partial charge in [0.25, 0.3) is 5.91 Å². The minimum Gasteiger partial charge on any atom is -0.469 e. The number of anilines is 1.